The number of thioether (sulfide) groups is 1. The van der Waals surface area contributed by atoms with Crippen molar-refractivity contribution in [2.45, 2.75) is 36.6 Å². The molecule has 2 aromatic carbocycles. The first-order chi connectivity index (χ1) is 15.1. The van der Waals surface area contributed by atoms with Crippen molar-refractivity contribution in [1.82, 2.24) is 10.3 Å². The van der Waals surface area contributed by atoms with Gasteiger partial charge in [0.2, 0.25) is 0 Å². The van der Waals surface area contributed by atoms with Gasteiger partial charge in [-0.1, -0.05) is 36.4 Å². The summed E-state index contributed by atoms with van der Waals surface area (Å²) in [6.07, 6.45) is 1.78. The van der Waals surface area contributed by atoms with E-state index in [9.17, 15) is 4.79 Å². The molecule has 6 heteroatoms. The van der Waals surface area contributed by atoms with Gasteiger partial charge in [-0.25, -0.2) is 0 Å². The lowest BCUT2D eigenvalue weighted by molar-refractivity contribution is 0.0946. The minimum atomic E-state index is -0.139. The molecule has 0 aliphatic carbocycles. The lowest BCUT2D eigenvalue weighted by atomic mass is 9.88. The molecule has 0 bridgehead atoms. The second-order valence-corrected chi connectivity index (χ2v) is 8.65. The number of hydrogen-bond donors (Lipinski definition) is 2. The van der Waals surface area contributed by atoms with Crippen LogP contribution in [0.2, 0.25) is 0 Å². The number of amides is 1. The molecular weight excluding hydrogens is 406 g/mol. The van der Waals surface area contributed by atoms with Crippen molar-refractivity contribution in [2.24, 2.45) is 0 Å². The summed E-state index contributed by atoms with van der Waals surface area (Å²) in [5.74, 6) is 0.666. The third-order valence-electron chi connectivity index (χ3n) is 5.31. The average molecular weight is 432 g/mol. The first kappa shape index (κ1) is 21.3. The van der Waals surface area contributed by atoms with Crippen LogP contribution in [-0.2, 0) is 23.6 Å². The molecule has 31 heavy (non-hydrogen) atoms. The molecule has 0 saturated heterocycles. The molecule has 1 aliphatic heterocycles. The number of nitrogens with one attached hydrogen (secondary N) is 2. The van der Waals surface area contributed by atoms with Crippen molar-refractivity contribution in [3.8, 4) is 0 Å². The zero-order valence-electron chi connectivity index (χ0n) is 17.4. The highest BCUT2D eigenvalue weighted by Gasteiger charge is 2.23. The molecule has 158 valence electrons. The van der Waals surface area contributed by atoms with Crippen LogP contribution in [0.3, 0.4) is 0 Å². The van der Waals surface area contributed by atoms with Crippen molar-refractivity contribution < 1.29 is 9.53 Å². The van der Waals surface area contributed by atoms with Gasteiger partial charge in [0.15, 0.2) is 0 Å². The Morgan fingerprint density at radius 3 is 2.84 bits per heavy atom. The van der Waals surface area contributed by atoms with Crippen molar-refractivity contribution >= 4 is 23.4 Å². The maximum Gasteiger partial charge on any atom is 0.251 e. The van der Waals surface area contributed by atoms with Crippen LogP contribution in [0.15, 0.2) is 71.8 Å². The normalized spacial score (nSPS) is 15.2. The van der Waals surface area contributed by atoms with E-state index in [1.54, 1.807) is 24.9 Å². The van der Waals surface area contributed by atoms with Gasteiger partial charge < -0.3 is 15.5 Å². The van der Waals surface area contributed by atoms with Crippen LogP contribution in [0.1, 0.15) is 45.6 Å². The predicted molar refractivity (Wildman–Crippen MR) is 124 cm³/mol. The maximum atomic E-state index is 12.7. The van der Waals surface area contributed by atoms with E-state index < -0.39 is 0 Å². The summed E-state index contributed by atoms with van der Waals surface area (Å²) in [6.45, 7) is 3.17. The highest BCUT2D eigenvalue weighted by Crippen LogP contribution is 2.28. The van der Waals surface area contributed by atoms with E-state index in [0.717, 1.165) is 27.5 Å². The van der Waals surface area contributed by atoms with E-state index in [1.165, 1.54) is 5.56 Å². The Kier molecular flexibility index (Phi) is 6.79. The Morgan fingerprint density at radius 1 is 1.19 bits per heavy atom. The lowest BCUT2D eigenvalue weighted by Crippen LogP contribution is -2.26. The summed E-state index contributed by atoms with van der Waals surface area (Å²) in [4.78, 5) is 18.3. The minimum Gasteiger partial charge on any atom is -0.376 e. The van der Waals surface area contributed by atoms with Gasteiger partial charge in [-0.15, -0.1) is 11.8 Å². The quantitative estimate of drug-likeness (QED) is 0.410. The zero-order valence-corrected chi connectivity index (χ0v) is 18.2. The standard InChI is InChI=1S/C25H25N3O2S/c1-17(26)24-15-30-14-20-8-7-19(11-23(20)24)25(29)28-13-21-12-22(9-10-27-21)31-16-18-5-3-2-4-6-18/h2-12,24,26H,13-16H2,1H3,(H,28,29). The van der Waals surface area contributed by atoms with E-state index in [2.05, 4.69) is 22.4 Å². The summed E-state index contributed by atoms with van der Waals surface area (Å²) in [5.41, 5.74) is 5.31. The molecule has 1 aromatic heterocycles. The summed E-state index contributed by atoms with van der Waals surface area (Å²) < 4.78 is 5.58. The molecule has 3 aromatic rings. The average Bonchev–Trinajstić information content (AvgIpc) is 2.81. The number of fused-ring (bicyclic) bond motifs is 1. The van der Waals surface area contributed by atoms with Gasteiger partial charge >= 0.3 is 0 Å². The molecule has 0 fully saturated rings. The van der Waals surface area contributed by atoms with Crippen molar-refractivity contribution in [1.29, 1.82) is 5.41 Å². The van der Waals surface area contributed by atoms with Gasteiger partial charge in [0.05, 0.1) is 25.5 Å². The van der Waals surface area contributed by atoms with Crippen molar-refractivity contribution in [2.75, 3.05) is 6.61 Å². The summed E-state index contributed by atoms with van der Waals surface area (Å²) in [7, 11) is 0. The predicted octanol–water partition coefficient (Wildman–Crippen LogP) is 4.96. The van der Waals surface area contributed by atoms with E-state index in [1.807, 2.05) is 48.5 Å². The Balaban J connectivity index is 1.39. The minimum absolute atomic E-state index is 0.0866. The monoisotopic (exact) mass is 431 g/mol. The van der Waals surface area contributed by atoms with Crippen molar-refractivity contribution in [3.63, 3.8) is 0 Å². The van der Waals surface area contributed by atoms with Gasteiger partial charge in [-0.05, 0) is 47.9 Å². The summed E-state index contributed by atoms with van der Waals surface area (Å²) in [6, 6.07) is 20.0. The fourth-order valence-corrected chi connectivity index (χ4v) is 4.49. The van der Waals surface area contributed by atoms with Crippen LogP contribution in [0.4, 0.5) is 0 Å². The van der Waals surface area contributed by atoms with Crippen LogP contribution < -0.4 is 5.32 Å². The first-order valence-electron chi connectivity index (χ1n) is 10.3. The molecule has 5 nitrogen and oxygen atoms in total. The van der Waals surface area contributed by atoms with Crippen molar-refractivity contribution in [3.05, 3.63) is 94.8 Å². The number of carbonyl (C=O) groups is 1. The summed E-state index contributed by atoms with van der Waals surface area (Å²) in [5, 5.41) is 11.0. The van der Waals surface area contributed by atoms with E-state index in [4.69, 9.17) is 10.1 Å². The Bertz CT molecular complexity index is 1090. The molecule has 2 heterocycles. The molecule has 2 N–H and O–H groups in total. The Morgan fingerprint density at radius 2 is 2.03 bits per heavy atom. The number of nitrogens with zero attached hydrogens (tertiary/aromatic N) is 1. The zero-order chi connectivity index (χ0) is 21.6. The van der Waals surface area contributed by atoms with Crippen LogP contribution in [0.5, 0.6) is 0 Å². The highest BCUT2D eigenvalue weighted by molar-refractivity contribution is 7.98. The molecule has 1 atom stereocenters. The largest absolute Gasteiger partial charge is 0.376 e. The number of hydrogen-bond acceptors (Lipinski definition) is 5. The van der Waals surface area contributed by atoms with Crippen LogP contribution in [0.25, 0.3) is 0 Å². The number of pyridine rings is 1. The summed E-state index contributed by atoms with van der Waals surface area (Å²) >= 11 is 1.75. The highest BCUT2D eigenvalue weighted by atomic mass is 32.2. The fraction of sp³-hybridized carbons (Fsp3) is 0.240. The molecule has 0 spiro atoms. The molecule has 4 rings (SSSR count). The molecule has 1 aliphatic rings. The molecule has 1 unspecified atom stereocenters. The van der Waals surface area contributed by atoms with Crippen LogP contribution in [-0.4, -0.2) is 23.2 Å². The van der Waals surface area contributed by atoms with Crippen LogP contribution >= 0.6 is 11.8 Å². The van der Waals surface area contributed by atoms with E-state index in [0.29, 0.717) is 31.0 Å². The lowest BCUT2D eigenvalue weighted by Gasteiger charge is -2.25. The van der Waals surface area contributed by atoms with E-state index >= 15 is 0 Å². The first-order valence-corrected chi connectivity index (χ1v) is 11.2. The molecule has 0 saturated carbocycles. The number of carbonyl (C=O) groups excluding carboxylic acids is 1. The molecule has 1 amide bonds. The maximum absolute atomic E-state index is 12.7. The second-order valence-electron chi connectivity index (χ2n) is 7.60. The molecule has 0 radical (unpaired) electrons. The van der Waals surface area contributed by atoms with Gasteiger partial charge in [-0.2, -0.15) is 0 Å². The number of benzene rings is 2. The number of ether oxygens (including phenoxy) is 1. The van der Waals surface area contributed by atoms with Gasteiger partial charge in [0.25, 0.3) is 5.91 Å². The second kappa shape index (κ2) is 9.90. The van der Waals surface area contributed by atoms with Gasteiger partial charge in [-0.3, -0.25) is 9.78 Å². The van der Waals surface area contributed by atoms with Crippen LogP contribution in [0, 0.1) is 5.41 Å². The van der Waals surface area contributed by atoms with E-state index in [-0.39, 0.29) is 11.8 Å². The topological polar surface area (TPSA) is 75.1 Å². The Hall–Kier alpha value is -2.96. The number of aromatic nitrogens is 1. The molecular formula is C25H25N3O2S. The Labute approximate surface area is 186 Å². The van der Waals surface area contributed by atoms with Gasteiger partial charge in [0.1, 0.15) is 0 Å². The number of rotatable bonds is 7. The van der Waals surface area contributed by atoms with Gasteiger partial charge in [0, 0.05) is 34.0 Å². The SMILES string of the molecule is CC(=N)C1COCc2ccc(C(=O)NCc3cc(SCc4ccccc4)ccn3)cc21. The third-order valence-corrected chi connectivity index (χ3v) is 6.38. The third kappa shape index (κ3) is 5.40. The smallest absolute Gasteiger partial charge is 0.251 e. The fourth-order valence-electron chi connectivity index (χ4n) is 3.58.